The van der Waals surface area contributed by atoms with Gasteiger partial charge in [-0.15, -0.1) is 11.3 Å². The van der Waals surface area contributed by atoms with Crippen LogP contribution in [-0.2, 0) is 6.54 Å². The fourth-order valence-corrected chi connectivity index (χ4v) is 3.96. The van der Waals surface area contributed by atoms with Crippen LogP contribution >= 0.6 is 11.3 Å². The molecule has 0 bridgehead atoms. The van der Waals surface area contributed by atoms with Crippen LogP contribution in [0.25, 0.3) is 10.9 Å². The summed E-state index contributed by atoms with van der Waals surface area (Å²) in [6.07, 6.45) is 2.21. The standard InChI is InChI=1S/C17H18N6O3S/c24-17-13-6-16(23(25)26)15(7-14(13)18-10-19-17)22-3-1-2-21(4-5-22)8-12-9-27-11-20-12/h6-7,9-11H,1-5,8H2,(H,18,19,24). The van der Waals surface area contributed by atoms with E-state index in [2.05, 4.69) is 19.9 Å². The highest BCUT2D eigenvalue weighted by atomic mass is 32.1. The van der Waals surface area contributed by atoms with Gasteiger partial charge in [0.1, 0.15) is 5.69 Å². The summed E-state index contributed by atoms with van der Waals surface area (Å²) < 4.78 is 0. The molecule has 10 heteroatoms. The number of aromatic amines is 1. The lowest BCUT2D eigenvalue weighted by molar-refractivity contribution is -0.384. The summed E-state index contributed by atoms with van der Waals surface area (Å²) in [5.41, 5.74) is 3.42. The summed E-state index contributed by atoms with van der Waals surface area (Å²) >= 11 is 1.58. The van der Waals surface area contributed by atoms with Crippen molar-refractivity contribution in [2.24, 2.45) is 0 Å². The van der Waals surface area contributed by atoms with E-state index >= 15 is 0 Å². The van der Waals surface area contributed by atoms with Gasteiger partial charge < -0.3 is 9.88 Å². The maximum absolute atomic E-state index is 11.9. The van der Waals surface area contributed by atoms with E-state index in [9.17, 15) is 14.9 Å². The van der Waals surface area contributed by atoms with Crippen LogP contribution in [0.1, 0.15) is 12.1 Å². The lowest BCUT2D eigenvalue weighted by atomic mass is 10.1. The second-order valence-electron chi connectivity index (χ2n) is 6.44. The van der Waals surface area contributed by atoms with Crippen LogP contribution in [0.3, 0.4) is 0 Å². The van der Waals surface area contributed by atoms with Gasteiger partial charge in [-0.1, -0.05) is 0 Å². The highest BCUT2D eigenvalue weighted by molar-refractivity contribution is 7.07. The van der Waals surface area contributed by atoms with Crippen molar-refractivity contribution in [3.63, 3.8) is 0 Å². The summed E-state index contributed by atoms with van der Waals surface area (Å²) in [6.45, 7) is 3.86. The molecule has 0 amide bonds. The molecule has 0 saturated carbocycles. The van der Waals surface area contributed by atoms with Gasteiger partial charge in [0.25, 0.3) is 11.2 Å². The predicted octanol–water partition coefficient (Wildman–Crippen LogP) is 2.00. The molecule has 27 heavy (non-hydrogen) atoms. The number of hydrogen-bond acceptors (Lipinski definition) is 8. The number of thiazole rings is 1. The van der Waals surface area contributed by atoms with Crippen molar-refractivity contribution in [1.29, 1.82) is 0 Å². The number of nitro benzene ring substituents is 1. The highest BCUT2D eigenvalue weighted by Crippen LogP contribution is 2.32. The van der Waals surface area contributed by atoms with Crippen molar-refractivity contribution in [2.75, 3.05) is 31.1 Å². The van der Waals surface area contributed by atoms with Gasteiger partial charge in [-0.25, -0.2) is 9.97 Å². The number of nitrogens with zero attached hydrogens (tertiary/aromatic N) is 5. The fourth-order valence-electron chi connectivity index (χ4n) is 3.41. The minimum atomic E-state index is -0.431. The molecule has 1 saturated heterocycles. The van der Waals surface area contributed by atoms with Crippen LogP contribution in [-0.4, -0.2) is 51.0 Å². The van der Waals surface area contributed by atoms with Crippen LogP contribution in [0.5, 0.6) is 0 Å². The summed E-state index contributed by atoms with van der Waals surface area (Å²) in [5.74, 6) is 0. The molecule has 4 rings (SSSR count). The number of nitrogens with one attached hydrogen (secondary N) is 1. The molecule has 0 unspecified atom stereocenters. The van der Waals surface area contributed by atoms with Crippen molar-refractivity contribution in [1.82, 2.24) is 19.9 Å². The Balaban J connectivity index is 1.62. The van der Waals surface area contributed by atoms with Crippen molar-refractivity contribution in [3.05, 3.63) is 55.5 Å². The average Bonchev–Trinajstić information content (AvgIpc) is 3.05. The zero-order chi connectivity index (χ0) is 18.8. The third kappa shape index (κ3) is 3.67. The first kappa shape index (κ1) is 17.6. The Kier molecular flexibility index (Phi) is 4.82. The Morgan fingerprint density at radius 3 is 2.89 bits per heavy atom. The molecule has 3 aromatic rings. The van der Waals surface area contributed by atoms with Crippen LogP contribution in [0, 0.1) is 10.1 Å². The molecule has 0 aliphatic carbocycles. The number of H-pyrrole nitrogens is 1. The number of aromatic nitrogens is 3. The lowest BCUT2D eigenvalue weighted by Gasteiger charge is -2.23. The topological polar surface area (TPSA) is 108 Å². The number of fused-ring (bicyclic) bond motifs is 1. The Hall–Kier alpha value is -2.85. The van der Waals surface area contributed by atoms with Crippen molar-refractivity contribution >= 4 is 33.6 Å². The smallest absolute Gasteiger partial charge is 0.293 e. The fraction of sp³-hybridized carbons (Fsp3) is 0.353. The molecule has 1 N–H and O–H groups in total. The van der Waals surface area contributed by atoms with Crippen molar-refractivity contribution in [2.45, 2.75) is 13.0 Å². The van der Waals surface area contributed by atoms with E-state index in [1.807, 2.05) is 15.8 Å². The second-order valence-corrected chi connectivity index (χ2v) is 7.16. The second kappa shape index (κ2) is 7.41. The summed E-state index contributed by atoms with van der Waals surface area (Å²) in [4.78, 5) is 38.4. The number of hydrogen-bond donors (Lipinski definition) is 1. The largest absolute Gasteiger partial charge is 0.365 e. The molecule has 2 aromatic heterocycles. The Morgan fingerprint density at radius 1 is 1.22 bits per heavy atom. The molecule has 0 radical (unpaired) electrons. The first-order chi connectivity index (χ1) is 13.1. The van der Waals surface area contributed by atoms with E-state index in [-0.39, 0.29) is 16.6 Å². The van der Waals surface area contributed by atoms with E-state index in [4.69, 9.17) is 0 Å². The Morgan fingerprint density at radius 2 is 2.11 bits per heavy atom. The van der Waals surface area contributed by atoms with Crippen LogP contribution in [0.4, 0.5) is 11.4 Å². The molecule has 0 atom stereocenters. The first-order valence-electron chi connectivity index (χ1n) is 8.62. The molecule has 1 aromatic carbocycles. The van der Waals surface area contributed by atoms with Crippen LogP contribution in [0.2, 0.25) is 0 Å². The zero-order valence-electron chi connectivity index (χ0n) is 14.5. The van der Waals surface area contributed by atoms with Gasteiger partial charge in [-0.2, -0.15) is 0 Å². The minimum Gasteiger partial charge on any atom is -0.365 e. The molecule has 0 spiro atoms. The third-order valence-electron chi connectivity index (χ3n) is 4.73. The SMILES string of the molecule is O=c1[nH]cnc2cc(N3CCCN(Cc4cscn4)CC3)c([N+](=O)[O-])cc12. The number of benzene rings is 1. The Labute approximate surface area is 158 Å². The molecule has 140 valence electrons. The third-order valence-corrected chi connectivity index (χ3v) is 5.37. The van der Waals surface area contributed by atoms with Gasteiger partial charge in [0.05, 0.1) is 33.4 Å². The summed E-state index contributed by atoms with van der Waals surface area (Å²) in [7, 11) is 0. The van der Waals surface area contributed by atoms with E-state index in [0.717, 1.165) is 31.7 Å². The van der Waals surface area contributed by atoms with Crippen LogP contribution in [0.15, 0.2) is 34.1 Å². The quantitative estimate of drug-likeness (QED) is 0.539. The van der Waals surface area contributed by atoms with Crippen molar-refractivity contribution in [3.8, 4) is 0 Å². The van der Waals surface area contributed by atoms with Gasteiger partial charge in [0.2, 0.25) is 0 Å². The van der Waals surface area contributed by atoms with Crippen molar-refractivity contribution < 1.29 is 4.92 Å². The van der Waals surface area contributed by atoms with E-state index in [1.54, 1.807) is 17.4 Å². The van der Waals surface area contributed by atoms with Gasteiger partial charge in [0, 0.05) is 44.2 Å². The molecule has 1 aliphatic heterocycles. The summed E-state index contributed by atoms with van der Waals surface area (Å²) in [6, 6.07) is 2.98. The Bertz CT molecular complexity index is 1020. The number of nitro groups is 1. The predicted molar refractivity (Wildman–Crippen MR) is 103 cm³/mol. The monoisotopic (exact) mass is 386 g/mol. The molecule has 1 fully saturated rings. The van der Waals surface area contributed by atoms with Gasteiger partial charge in [-0.05, 0) is 12.5 Å². The zero-order valence-corrected chi connectivity index (χ0v) is 15.3. The lowest BCUT2D eigenvalue weighted by Crippen LogP contribution is -2.31. The van der Waals surface area contributed by atoms with Gasteiger partial charge >= 0.3 is 0 Å². The number of rotatable bonds is 4. The summed E-state index contributed by atoms with van der Waals surface area (Å²) in [5, 5.41) is 13.9. The van der Waals surface area contributed by atoms with E-state index < -0.39 is 4.92 Å². The minimum absolute atomic E-state index is 0.0612. The first-order valence-corrected chi connectivity index (χ1v) is 9.56. The molecule has 1 aliphatic rings. The maximum atomic E-state index is 11.9. The highest BCUT2D eigenvalue weighted by Gasteiger charge is 2.24. The number of anilines is 1. The molecular weight excluding hydrogens is 368 g/mol. The van der Waals surface area contributed by atoms with Crippen LogP contribution < -0.4 is 10.5 Å². The normalized spacial score (nSPS) is 15.8. The van der Waals surface area contributed by atoms with Gasteiger partial charge in [-0.3, -0.25) is 19.8 Å². The van der Waals surface area contributed by atoms with E-state index in [1.165, 1.54) is 12.4 Å². The molecule has 9 nitrogen and oxygen atoms in total. The van der Waals surface area contributed by atoms with Gasteiger partial charge in [0.15, 0.2) is 0 Å². The van der Waals surface area contributed by atoms with E-state index in [0.29, 0.717) is 24.3 Å². The average molecular weight is 386 g/mol. The maximum Gasteiger partial charge on any atom is 0.293 e. The molecule has 3 heterocycles. The molecular formula is C17H18N6O3S.